The normalized spacial score (nSPS) is 15.2. The maximum absolute atomic E-state index is 13.5. The molecule has 1 aliphatic rings. The molecular formula is C30H32F3N3O2. The smallest absolute Gasteiger partial charge is 0.338 e. The fourth-order valence-corrected chi connectivity index (χ4v) is 4.80. The first-order valence-corrected chi connectivity index (χ1v) is 12.9. The summed E-state index contributed by atoms with van der Waals surface area (Å²) in [5.74, 6) is -0.232. The number of nitrogens with zero attached hydrogens (tertiary/aromatic N) is 1. The molecule has 3 aromatic rings. The molecule has 0 saturated heterocycles. The Hall–Kier alpha value is -3.65. The highest BCUT2D eigenvalue weighted by molar-refractivity contribution is 6.13. The van der Waals surface area contributed by atoms with Gasteiger partial charge in [0.2, 0.25) is 0 Å². The van der Waals surface area contributed by atoms with E-state index in [1.54, 1.807) is 47.4 Å². The minimum Gasteiger partial charge on any atom is -0.338 e. The average Bonchev–Trinajstić information content (AvgIpc) is 2.92. The number of rotatable bonds is 8. The van der Waals surface area contributed by atoms with E-state index in [1.165, 1.54) is 12.1 Å². The van der Waals surface area contributed by atoms with E-state index < -0.39 is 17.9 Å². The first kappa shape index (κ1) is 27.4. The molecule has 4 rings (SSSR count). The van der Waals surface area contributed by atoms with Crippen molar-refractivity contribution in [3.63, 3.8) is 0 Å². The van der Waals surface area contributed by atoms with Gasteiger partial charge in [-0.1, -0.05) is 74.7 Å². The van der Waals surface area contributed by atoms with Crippen molar-refractivity contribution >= 4 is 11.8 Å². The summed E-state index contributed by atoms with van der Waals surface area (Å²) in [5, 5.41) is 2.95. The van der Waals surface area contributed by atoms with E-state index in [0.29, 0.717) is 41.8 Å². The van der Waals surface area contributed by atoms with Crippen LogP contribution in [0, 0.1) is 0 Å². The van der Waals surface area contributed by atoms with Gasteiger partial charge in [0.1, 0.15) is 6.17 Å². The van der Waals surface area contributed by atoms with Crippen LogP contribution in [0.5, 0.6) is 0 Å². The van der Waals surface area contributed by atoms with Gasteiger partial charge in [-0.2, -0.15) is 13.2 Å². The lowest BCUT2D eigenvalue weighted by atomic mass is 9.90. The number of urea groups is 1. The van der Waals surface area contributed by atoms with Gasteiger partial charge in [0.05, 0.1) is 5.56 Å². The first-order valence-electron chi connectivity index (χ1n) is 12.9. The predicted molar refractivity (Wildman–Crippen MR) is 142 cm³/mol. The summed E-state index contributed by atoms with van der Waals surface area (Å²) in [6.07, 6.45) is -0.201. The molecule has 2 amide bonds. The third kappa shape index (κ3) is 6.07. The number of ketones is 1. The Morgan fingerprint density at radius 1 is 1.00 bits per heavy atom. The van der Waals surface area contributed by atoms with Gasteiger partial charge in [-0.05, 0) is 53.3 Å². The molecule has 0 aromatic heterocycles. The Morgan fingerprint density at radius 2 is 1.74 bits per heavy atom. The average molecular weight is 524 g/mol. The van der Waals surface area contributed by atoms with Gasteiger partial charge in [-0.15, -0.1) is 0 Å². The van der Waals surface area contributed by atoms with Gasteiger partial charge < -0.3 is 16.0 Å². The van der Waals surface area contributed by atoms with Crippen LogP contribution in [0.1, 0.15) is 71.4 Å². The number of fused-ring (bicyclic) bond motifs is 1. The SMILES string of the molecule is CCCCCCNC(=O)N1CCc2cc(C(=O)c3ccccc3-c3ccc(C(F)(F)F)cc3)ccc2C1N. The lowest BCUT2D eigenvalue weighted by Crippen LogP contribution is -2.48. The number of nitrogens with one attached hydrogen (secondary N) is 1. The summed E-state index contributed by atoms with van der Waals surface area (Å²) in [5.41, 5.74) is 9.33. The van der Waals surface area contributed by atoms with Gasteiger partial charge >= 0.3 is 12.2 Å². The molecule has 200 valence electrons. The van der Waals surface area contributed by atoms with Crippen molar-refractivity contribution in [1.29, 1.82) is 0 Å². The van der Waals surface area contributed by atoms with E-state index in [4.69, 9.17) is 5.73 Å². The number of nitrogens with two attached hydrogens (primary N) is 1. The van der Waals surface area contributed by atoms with E-state index in [1.807, 2.05) is 0 Å². The standard InChI is InChI=1S/C30H32F3N3O2/c1-2-3-4-7-17-35-29(38)36-18-16-21-19-22(12-15-25(21)28(36)34)27(37)26-9-6-5-8-24(26)20-10-13-23(14-11-20)30(31,32)33/h5-6,8-15,19,28H,2-4,7,16-18,34H2,1H3,(H,35,38). The largest absolute Gasteiger partial charge is 0.416 e. The Labute approximate surface area is 220 Å². The quantitative estimate of drug-likeness (QED) is 0.255. The molecule has 0 saturated carbocycles. The molecule has 1 unspecified atom stereocenters. The number of carbonyl (C=O) groups excluding carboxylic acids is 2. The molecule has 0 fully saturated rings. The van der Waals surface area contributed by atoms with Crippen LogP contribution in [0.25, 0.3) is 11.1 Å². The summed E-state index contributed by atoms with van der Waals surface area (Å²) in [6, 6.07) is 16.8. The van der Waals surface area contributed by atoms with Crippen LogP contribution in [0.15, 0.2) is 66.7 Å². The van der Waals surface area contributed by atoms with Crippen molar-refractivity contribution in [3.05, 3.63) is 94.5 Å². The Bertz CT molecular complexity index is 1290. The van der Waals surface area contributed by atoms with Crippen LogP contribution >= 0.6 is 0 Å². The van der Waals surface area contributed by atoms with Crippen molar-refractivity contribution in [3.8, 4) is 11.1 Å². The summed E-state index contributed by atoms with van der Waals surface area (Å²) in [7, 11) is 0. The minimum atomic E-state index is -4.43. The number of unbranched alkanes of at least 4 members (excludes halogenated alkanes) is 3. The van der Waals surface area contributed by atoms with Crippen LogP contribution in [0.2, 0.25) is 0 Å². The summed E-state index contributed by atoms with van der Waals surface area (Å²) >= 11 is 0. The monoisotopic (exact) mass is 523 g/mol. The van der Waals surface area contributed by atoms with Gasteiger partial charge in [0.15, 0.2) is 5.78 Å². The number of halogens is 3. The summed E-state index contributed by atoms with van der Waals surface area (Å²) in [6.45, 7) is 3.19. The fraction of sp³-hybridized carbons (Fsp3) is 0.333. The Kier molecular flexibility index (Phi) is 8.52. The van der Waals surface area contributed by atoms with E-state index in [9.17, 15) is 22.8 Å². The highest BCUT2D eigenvalue weighted by atomic mass is 19.4. The highest BCUT2D eigenvalue weighted by Gasteiger charge is 2.31. The molecule has 0 bridgehead atoms. The zero-order chi connectivity index (χ0) is 27.3. The minimum absolute atomic E-state index is 0.190. The summed E-state index contributed by atoms with van der Waals surface area (Å²) in [4.78, 5) is 27.8. The zero-order valence-corrected chi connectivity index (χ0v) is 21.4. The second kappa shape index (κ2) is 11.8. The van der Waals surface area contributed by atoms with Gasteiger partial charge in [0.25, 0.3) is 0 Å². The van der Waals surface area contributed by atoms with Gasteiger partial charge in [0, 0.05) is 24.2 Å². The number of amides is 2. The Morgan fingerprint density at radius 3 is 2.45 bits per heavy atom. The number of carbonyl (C=O) groups is 2. The van der Waals surface area contributed by atoms with Crippen molar-refractivity contribution in [1.82, 2.24) is 10.2 Å². The number of hydrogen-bond acceptors (Lipinski definition) is 3. The second-order valence-electron chi connectivity index (χ2n) is 9.54. The lowest BCUT2D eigenvalue weighted by molar-refractivity contribution is -0.137. The molecule has 8 heteroatoms. The molecule has 0 aliphatic carbocycles. The number of alkyl halides is 3. The topological polar surface area (TPSA) is 75.4 Å². The molecule has 1 atom stereocenters. The third-order valence-electron chi connectivity index (χ3n) is 6.94. The van der Waals surface area contributed by atoms with Crippen LogP contribution in [0.4, 0.5) is 18.0 Å². The molecule has 1 aliphatic heterocycles. The van der Waals surface area contributed by atoms with Crippen LogP contribution in [-0.2, 0) is 12.6 Å². The van der Waals surface area contributed by atoms with Crippen molar-refractivity contribution < 1.29 is 22.8 Å². The lowest BCUT2D eigenvalue weighted by Gasteiger charge is -2.35. The maximum atomic E-state index is 13.5. The molecule has 1 heterocycles. The molecule has 0 radical (unpaired) electrons. The van der Waals surface area contributed by atoms with E-state index in [-0.39, 0.29) is 11.8 Å². The maximum Gasteiger partial charge on any atom is 0.416 e. The molecule has 38 heavy (non-hydrogen) atoms. The number of benzene rings is 3. The second-order valence-corrected chi connectivity index (χ2v) is 9.54. The highest BCUT2D eigenvalue weighted by Crippen LogP contribution is 2.33. The van der Waals surface area contributed by atoms with Crippen molar-refractivity contribution in [2.24, 2.45) is 5.73 Å². The van der Waals surface area contributed by atoms with Crippen LogP contribution in [-0.4, -0.2) is 29.8 Å². The van der Waals surface area contributed by atoms with E-state index in [2.05, 4.69) is 12.2 Å². The molecular weight excluding hydrogens is 491 g/mol. The molecule has 3 aromatic carbocycles. The first-order chi connectivity index (χ1) is 18.2. The van der Waals surface area contributed by atoms with Crippen LogP contribution in [0.3, 0.4) is 0 Å². The predicted octanol–water partition coefficient (Wildman–Crippen LogP) is 6.71. The third-order valence-corrected chi connectivity index (χ3v) is 6.94. The van der Waals surface area contributed by atoms with Crippen molar-refractivity contribution in [2.75, 3.05) is 13.1 Å². The Balaban J connectivity index is 1.51. The van der Waals surface area contributed by atoms with E-state index >= 15 is 0 Å². The number of hydrogen-bond donors (Lipinski definition) is 2. The molecule has 3 N–H and O–H groups in total. The van der Waals surface area contributed by atoms with E-state index in [0.717, 1.165) is 48.9 Å². The molecule has 5 nitrogen and oxygen atoms in total. The molecule has 0 spiro atoms. The van der Waals surface area contributed by atoms with Gasteiger partial charge in [-0.25, -0.2) is 4.79 Å². The van der Waals surface area contributed by atoms with Crippen LogP contribution < -0.4 is 11.1 Å². The fourth-order valence-electron chi connectivity index (χ4n) is 4.80. The van der Waals surface area contributed by atoms with Gasteiger partial charge in [-0.3, -0.25) is 4.79 Å². The summed E-state index contributed by atoms with van der Waals surface area (Å²) < 4.78 is 39.0. The zero-order valence-electron chi connectivity index (χ0n) is 21.4. The van der Waals surface area contributed by atoms with Crippen molar-refractivity contribution in [2.45, 2.75) is 51.4 Å².